The van der Waals surface area contributed by atoms with Crippen LogP contribution in [0.2, 0.25) is 0 Å². The van der Waals surface area contributed by atoms with E-state index in [4.69, 9.17) is 0 Å². The third-order valence-electron chi connectivity index (χ3n) is 3.59. The maximum Gasteiger partial charge on any atom is 0.256 e. The summed E-state index contributed by atoms with van der Waals surface area (Å²) < 4.78 is 0. The van der Waals surface area contributed by atoms with Crippen LogP contribution in [0.5, 0.6) is 0 Å². The van der Waals surface area contributed by atoms with Crippen molar-refractivity contribution in [3.8, 4) is 11.4 Å². The molecule has 2 amide bonds. The Balaban J connectivity index is 2.07. The summed E-state index contributed by atoms with van der Waals surface area (Å²) in [4.78, 5) is 26.1. The molecule has 1 aliphatic rings. The Morgan fingerprint density at radius 1 is 1.33 bits per heavy atom. The first-order chi connectivity index (χ1) is 10.1. The highest BCUT2D eigenvalue weighted by molar-refractivity contribution is 6.10. The molecule has 3 rings (SSSR count). The van der Waals surface area contributed by atoms with Crippen LogP contribution in [0.4, 0.5) is 5.69 Å². The Morgan fingerprint density at radius 2 is 2.14 bits per heavy atom. The van der Waals surface area contributed by atoms with Gasteiger partial charge < -0.3 is 10.2 Å². The van der Waals surface area contributed by atoms with Crippen LogP contribution in [0, 0.1) is 0 Å². The molecule has 0 bridgehead atoms. The number of nitrogens with zero attached hydrogens (tertiary/aromatic N) is 4. The number of carbonyl (C=O) groups is 2. The minimum absolute atomic E-state index is 0.185. The van der Waals surface area contributed by atoms with E-state index in [-0.39, 0.29) is 11.8 Å². The summed E-state index contributed by atoms with van der Waals surface area (Å²) in [5, 5.41) is 16.4. The molecule has 2 aromatic rings. The van der Waals surface area contributed by atoms with Crippen molar-refractivity contribution in [2.45, 2.75) is 19.4 Å². The number of hydrogen-bond donors (Lipinski definition) is 2. The molecule has 0 fully saturated rings. The zero-order chi connectivity index (χ0) is 15.0. The van der Waals surface area contributed by atoms with Gasteiger partial charge in [-0.1, -0.05) is 13.0 Å². The molecule has 1 aliphatic heterocycles. The lowest BCUT2D eigenvalue weighted by molar-refractivity contribution is -0.120. The fourth-order valence-electron chi connectivity index (χ4n) is 2.44. The molecule has 8 heteroatoms. The van der Waals surface area contributed by atoms with E-state index in [0.717, 1.165) is 0 Å². The molecular formula is C13H14N6O2. The van der Waals surface area contributed by atoms with Gasteiger partial charge in [0.15, 0.2) is 0 Å². The number of amides is 2. The van der Waals surface area contributed by atoms with Crippen LogP contribution >= 0.6 is 0 Å². The molecule has 2 heterocycles. The molecule has 108 valence electrons. The number of carbonyl (C=O) groups excluding carboxylic acids is 2. The van der Waals surface area contributed by atoms with E-state index in [1.807, 2.05) is 6.92 Å². The maximum absolute atomic E-state index is 12.4. The van der Waals surface area contributed by atoms with Gasteiger partial charge in [0.1, 0.15) is 6.04 Å². The zero-order valence-corrected chi connectivity index (χ0v) is 11.6. The van der Waals surface area contributed by atoms with Crippen LogP contribution in [0.3, 0.4) is 0 Å². The number of likely N-dealkylation sites (N-methyl/N-ethyl adjacent to an activating group) is 1. The van der Waals surface area contributed by atoms with Gasteiger partial charge in [0, 0.05) is 12.6 Å². The topological polar surface area (TPSA) is 104 Å². The molecule has 1 unspecified atom stereocenters. The fourth-order valence-corrected chi connectivity index (χ4v) is 2.44. The molecule has 0 radical (unpaired) electrons. The maximum atomic E-state index is 12.4. The Bertz CT molecular complexity index is 697. The number of rotatable bonds is 2. The van der Waals surface area contributed by atoms with E-state index in [2.05, 4.69) is 25.9 Å². The summed E-state index contributed by atoms with van der Waals surface area (Å²) in [6.07, 6.45) is 0.555. The highest BCUT2D eigenvalue weighted by atomic mass is 16.2. The van der Waals surface area contributed by atoms with Gasteiger partial charge in [0.05, 0.1) is 11.3 Å². The number of anilines is 1. The van der Waals surface area contributed by atoms with Gasteiger partial charge in [-0.25, -0.2) is 0 Å². The quantitative estimate of drug-likeness (QED) is 0.844. The van der Waals surface area contributed by atoms with Crippen LogP contribution in [0.1, 0.15) is 23.7 Å². The Labute approximate surface area is 120 Å². The Morgan fingerprint density at radius 3 is 2.81 bits per heavy atom. The lowest BCUT2D eigenvalue weighted by Crippen LogP contribution is -2.42. The summed E-state index contributed by atoms with van der Waals surface area (Å²) in [6.45, 7) is 1.87. The third-order valence-corrected chi connectivity index (χ3v) is 3.59. The van der Waals surface area contributed by atoms with Crippen LogP contribution in [-0.4, -0.2) is 50.4 Å². The van der Waals surface area contributed by atoms with E-state index in [1.165, 1.54) is 4.90 Å². The number of aromatic nitrogens is 4. The summed E-state index contributed by atoms with van der Waals surface area (Å²) in [5.74, 6) is 0.0244. The highest BCUT2D eigenvalue weighted by Crippen LogP contribution is 2.27. The summed E-state index contributed by atoms with van der Waals surface area (Å²) in [7, 11) is 1.64. The molecule has 21 heavy (non-hydrogen) atoms. The van der Waals surface area contributed by atoms with Crippen molar-refractivity contribution in [1.29, 1.82) is 0 Å². The minimum Gasteiger partial charge on any atom is -0.330 e. The molecule has 0 aliphatic carbocycles. The van der Waals surface area contributed by atoms with E-state index in [1.54, 1.807) is 25.2 Å². The Hall–Kier alpha value is -2.77. The number of nitrogens with one attached hydrogen (secondary N) is 2. The first kappa shape index (κ1) is 13.2. The first-order valence-corrected chi connectivity index (χ1v) is 6.57. The smallest absolute Gasteiger partial charge is 0.256 e. The average Bonchev–Trinajstić information content (AvgIpc) is 2.98. The van der Waals surface area contributed by atoms with E-state index in [0.29, 0.717) is 29.1 Å². The second-order valence-corrected chi connectivity index (χ2v) is 4.83. The highest BCUT2D eigenvalue weighted by Gasteiger charge is 2.31. The van der Waals surface area contributed by atoms with Gasteiger partial charge in [-0.15, -0.1) is 10.2 Å². The number of tetrazole rings is 1. The molecule has 1 aromatic heterocycles. The molecule has 8 nitrogen and oxygen atoms in total. The molecule has 1 aromatic carbocycles. The van der Waals surface area contributed by atoms with Crippen molar-refractivity contribution in [1.82, 2.24) is 25.5 Å². The normalized spacial score (nSPS) is 18.2. The predicted octanol–water partition coefficient (Wildman–Crippen LogP) is 0.669. The number of hydrogen-bond acceptors (Lipinski definition) is 5. The summed E-state index contributed by atoms with van der Waals surface area (Å²) >= 11 is 0. The summed E-state index contributed by atoms with van der Waals surface area (Å²) in [5.41, 5.74) is 1.59. The van der Waals surface area contributed by atoms with Gasteiger partial charge in [-0.05, 0) is 23.8 Å². The molecule has 2 N–H and O–H groups in total. The van der Waals surface area contributed by atoms with Crippen LogP contribution in [0.15, 0.2) is 18.2 Å². The predicted molar refractivity (Wildman–Crippen MR) is 74.4 cm³/mol. The average molecular weight is 286 g/mol. The lowest BCUT2D eigenvalue weighted by atomic mass is 10.1. The molecule has 0 saturated heterocycles. The second-order valence-electron chi connectivity index (χ2n) is 4.83. The first-order valence-electron chi connectivity index (χ1n) is 6.57. The van der Waals surface area contributed by atoms with Gasteiger partial charge in [0.2, 0.25) is 11.7 Å². The number of aromatic amines is 1. The number of H-pyrrole nitrogens is 1. The van der Waals surface area contributed by atoms with Crippen molar-refractivity contribution in [3.05, 3.63) is 23.8 Å². The molecule has 0 saturated carbocycles. The zero-order valence-electron chi connectivity index (χ0n) is 11.6. The van der Waals surface area contributed by atoms with Crippen molar-refractivity contribution in [2.24, 2.45) is 0 Å². The van der Waals surface area contributed by atoms with Crippen LogP contribution in [0.25, 0.3) is 11.4 Å². The van der Waals surface area contributed by atoms with E-state index in [9.17, 15) is 9.59 Å². The molecule has 0 spiro atoms. The van der Waals surface area contributed by atoms with E-state index >= 15 is 0 Å². The number of fused-ring (bicyclic) bond motifs is 1. The van der Waals surface area contributed by atoms with Gasteiger partial charge >= 0.3 is 0 Å². The van der Waals surface area contributed by atoms with Crippen LogP contribution in [-0.2, 0) is 4.79 Å². The van der Waals surface area contributed by atoms with Crippen molar-refractivity contribution in [3.63, 3.8) is 0 Å². The van der Waals surface area contributed by atoms with Crippen molar-refractivity contribution < 1.29 is 9.59 Å². The second kappa shape index (κ2) is 4.97. The minimum atomic E-state index is -0.474. The Kier molecular flexibility index (Phi) is 3.13. The largest absolute Gasteiger partial charge is 0.330 e. The van der Waals surface area contributed by atoms with Crippen molar-refractivity contribution in [2.75, 3.05) is 12.4 Å². The summed E-state index contributed by atoms with van der Waals surface area (Å²) in [6, 6.07) is 4.60. The monoisotopic (exact) mass is 286 g/mol. The third kappa shape index (κ3) is 2.14. The lowest BCUT2D eigenvalue weighted by Gasteiger charge is -2.22. The van der Waals surface area contributed by atoms with E-state index < -0.39 is 6.04 Å². The van der Waals surface area contributed by atoms with Gasteiger partial charge in [-0.2, -0.15) is 5.21 Å². The molecular weight excluding hydrogens is 272 g/mol. The standard InChI is InChI=1S/C13H14N6O2/c1-3-10-12(20)14-9-6-7(11-15-17-18-16-11)4-5-8(9)13(21)19(10)2/h4-6,10H,3H2,1-2H3,(H,14,20)(H,15,16,17,18). The number of benzene rings is 1. The van der Waals surface area contributed by atoms with Gasteiger partial charge in [0.25, 0.3) is 5.91 Å². The molecule has 1 atom stereocenters. The van der Waals surface area contributed by atoms with Crippen molar-refractivity contribution >= 4 is 17.5 Å². The SMILES string of the molecule is CCC1C(=O)Nc2cc(-c3nn[nH]n3)ccc2C(=O)N1C. The van der Waals surface area contributed by atoms with Gasteiger partial charge in [-0.3, -0.25) is 9.59 Å². The van der Waals surface area contributed by atoms with Crippen LogP contribution < -0.4 is 5.32 Å². The fraction of sp³-hybridized carbons (Fsp3) is 0.308.